The van der Waals surface area contributed by atoms with E-state index in [4.69, 9.17) is 4.55 Å². The van der Waals surface area contributed by atoms with Crippen molar-refractivity contribution in [1.82, 2.24) is 0 Å². The Labute approximate surface area is 98.4 Å². The van der Waals surface area contributed by atoms with E-state index >= 15 is 0 Å². The molecule has 0 saturated heterocycles. The number of carbonyl (C=O) groups excluding carboxylic acids is 1. The highest BCUT2D eigenvalue weighted by Crippen LogP contribution is 2.19. The molecular weight excluding hydrogens is 244 g/mol. The van der Waals surface area contributed by atoms with Crippen molar-refractivity contribution in [2.45, 2.75) is 0 Å². The minimum atomic E-state index is -3.67. The number of nitrogens with zero attached hydrogens (tertiary/aromatic N) is 2. The molecule has 1 aromatic carbocycles. The van der Waals surface area contributed by atoms with Gasteiger partial charge in [0.15, 0.2) is 0 Å². The molecule has 0 aromatic heterocycles. The van der Waals surface area contributed by atoms with Crippen molar-refractivity contribution in [1.29, 1.82) is 0 Å². The van der Waals surface area contributed by atoms with Gasteiger partial charge >= 0.3 is 0 Å². The van der Waals surface area contributed by atoms with E-state index in [-0.39, 0.29) is 5.91 Å². The third kappa shape index (κ3) is 5.14. The Morgan fingerprint density at radius 2 is 1.71 bits per heavy atom. The summed E-state index contributed by atoms with van der Waals surface area (Å²) >= 11 is 0. The molecule has 0 radical (unpaired) electrons. The second-order valence-corrected chi connectivity index (χ2v) is 4.63. The zero-order valence-corrected chi connectivity index (χ0v) is 9.76. The van der Waals surface area contributed by atoms with Crippen LogP contribution in [-0.4, -0.2) is 25.1 Å². The van der Waals surface area contributed by atoms with Crippen LogP contribution in [0.2, 0.25) is 0 Å². The first-order valence-electron chi connectivity index (χ1n) is 4.51. The molecule has 0 aliphatic carbocycles. The summed E-state index contributed by atoms with van der Waals surface area (Å²) < 4.78 is 25.9. The third-order valence-corrected chi connectivity index (χ3v) is 1.65. The topological polar surface area (TPSA) is 96.2 Å². The van der Waals surface area contributed by atoms with Gasteiger partial charge in [-0.25, -0.2) is 0 Å². The second-order valence-electron chi connectivity index (χ2n) is 3.16. The van der Waals surface area contributed by atoms with Gasteiger partial charge in [0.1, 0.15) is 0 Å². The molecule has 0 saturated carbocycles. The normalized spacial score (nSPS) is 14.0. The van der Waals surface area contributed by atoms with Gasteiger partial charge in [-0.1, -0.05) is 30.3 Å². The van der Waals surface area contributed by atoms with Crippen molar-refractivity contribution >= 4 is 21.6 Å². The molecule has 6 nitrogen and oxygen atoms in total. The summed E-state index contributed by atoms with van der Waals surface area (Å²) in [6.45, 7) is 0. The Morgan fingerprint density at radius 1 is 1.18 bits per heavy atom. The molecule has 1 amide bonds. The van der Waals surface area contributed by atoms with Crippen LogP contribution in [-0.2, 0) is 14.9 Å². The summed E-state index contributed by atoms with van der Waals surface area (Å²) in [4.78, 5) is 11.0. The molecule has 7 heteroatoms. The van der Waals surface area contributed by atoms with Crippen LogP contribution in [0.3, 0.4) is 0 Å². The molecule has 1 aliphatic heterocycles. The van der Waals surface area contributed by atoms with Crippen molar-refractivity contribution < 1.29 is 17.8 Å². The predicted octanol–water partition coefficient (Wildman–Crippen LogP) is 1.52. The van der Waals surface area contributed by atoms with Gasteiger partial charge in [0.2, 0.25) is 0 Å². The van der Waals surface area contributed by atoms with Crippen molar-refractivity contribution in [3.63, 3.8) is 0 Å². The van der Waals surface area contributed by atoms with Crippen molar-refractivity contribution in [2.75, 3.05) is 6.26 Å². The van der Waals surface area contributed by atoms with Gasteiger partial charge in [0.05, 0.1) is 18.0 Å². The number of hydrogen-bond donors (Lipinski definition) is 1. The van der Waals surface area contributed by atoms with Crippen LogP contribution in [0.1, 0.15) is 5.56 Å². The number of amides is 1. The highest BCUT2D eigenvalue weighted by Gasteiger charge is 2.14. The monoisotopic (exact) mass is 254 g/mol. The number of carbonyl (C=O) groups is 1. The molecule has 1 aromatic rings. The third-order valence-electron chi connectivity index (χ3n) is 1.65. The lowest BCUT2D eigenvalue weighted by atomic mass is 10.1. The molecule has 2 rings (SSSR count). The average molecular weight is 254 g/mol. The number of rotatable bonds is 1. The molecule has 17 heavy (non-hydrogen) atoms. The van der Waals surface area contributed by atoms with Gasteiger partial charge in [-0.3, -0.25) is 9.35 Å². The van der Waals surface area contributed by atoms with Gasteiger partial charge in [0.25, 0.3) is 16.0 Å². The molecule has 0 unspecified atom stereocenters. The van der Waals surface area contributed by atoms with Crippen LogP contribution in [0.15, 0.2) is 46.8 Å². The van der Waals surface area contributed by atoms with Crippen LogP contribution < -0.4 is 0 Å². The molecule has 0 atom stereocenters. The van der Waals surface area contributed by atoms with Gasteiger partial charge in [-0.2, -0.15) is 13.5 Å². The van der Waals surface area contributed by atoms with Crippen LogP contribution in [0.25, 0.3) is 5.57 Å². The molecule has 1 N–H and O–H groups in total. The zero-order chi connectivity index (χ0) is 12.9. The second kappa shape index (κ2) is 5.46. The molecule has 1 aliphatic rings. The first kappa shape index (κ1) is 13.2. The minimum Gasteiger partial charge on any atom is -0.286 e. The van der Waals surface area contributed by atoms with E-state index in [9.17, 15) is 13.2 Å². The van der Waals surface area contributed by atoms with Crippen LogP contribution >= 0.6 is 0 Å². The summed E-state index contributed by atoms with van der Waals surface area (Å²) in [6, 6.07) is 9.38. The molecule has 0 spiro atoms. The first-order valence-corrected chi connectivity index (χ1v) is 6.36. The molecule has 1 heterocycles. The van der Waals surface area contributed by atoms with Crippen LogP contribution in [0.5, 0.6) is 0 Å². The summed E-state index contributed by atoms with van der Waals surface area (Å²) in [5, 5.41) is 6.92. The van der Waals surface area contributed by atoms with Crippen molar-refractivity contribution in [3.05, 3.63) is 42.1 Å². The standard InChI is InChI=1S/C9H6N2O.CH4O3S/c12-9-8(6-10-11-9)7-4-2-1-3-5-7;1-5(2,3)4/h1-6H;1H3,(H,2,3,4). The maximum atomic E-state index is 11.0. The highest BCUT2D eigenvalue weighted by molar-refractivity contribution is 7.85. The van der Waals surface area contributed by atoms with Gasteiger partial charge in [-0.05, 0) is 5.56 Å². The molecule has 90 valence electrons. The molecule has 0 fully saturated rings. The van der Waals surface area contributed by atoms with Crippen LogP contribution in [0.4, 0.5) is 0 Å². The van der Waals surface area contributed by atoms with E-state index in [0.717, 1.165) is 5.56 Å². The maximum absolute atomic E-state index is 11.0. The fraction of sp³-hybridized carbons (Fsp3) is 0.100. The summed E-state index contributed by atoms with van der Waals surface area (Å²) in [6.07, 6.45) is 2.20. The fourth-order valence-corrected chi connectivity index (χ4v) is 1.06. The lowest BCUT2D eigenvalue weighted by Gasteiger charge is -1.95. The van der Waals surface area contributed by atoms with E-state index in [1.54, 1.807) is 0 Å². The zero-order valence-electron chi connectivity index (χ0n) is 8.94. The van der Waals surface area contributed by atoms with Gasteiger partial charge in [-0.15, -0.1) is 5.11 Å². The van der Waals surface area contributed by atoms with E-state index in [0.29, 0.717) is 11.8 Å². The van der Waals surface area contributed by atoms with E-state index in [1.807, 2.05) is 30.3 Å². The Hall–Kier alpha value is -1.86. The Balaban J connectivity index is 0.000000249. The van der Waals surface area contributed by atoms with Crippen molar-refractivity contribution in [2.24, 2.45) is 10.2 Å². The summed E-state index contributed by atoms with van der Waals surface area (Å²) in [7, 11) is -3.67. The van der Waals surface area contributed by atoms with Gasteiger partial charge < -0.3 is 0 Å². The maximum Gasteiger partial charge on any atom is 0.297 e. The quantitative estimate of drug-likeness (QED) is 0.768. The minimum absolute atomic E-state index is 0.263. The number of benzene rings is 1. The van der Waals surface area contributed by atoms with Gasteiger partial charge in [0, 0.05) is 0 Å². The number of hydrogen-bond acceptors (Lipinski definition) is 4. The molecule has 0 bridgehead atoms. The lowest BCUT2D eigenvalue weighted by Crippen LogP contribution is -1.92. The lowest BCUT2D eigenvalue weighted by molar-refractivity contribution is -0.112. The Kier molecular flexibility index (Phi) is 4.24. The Bertz CT molecular complexity index is 553. The summed E-state index contributed by atoms with van der Waals surface area (Å²) in [5.74, 6) is -0.263. The van der Waals surface area contributed by atoms with Crippen molar-refractivity contribution in [3.8, 4) is 0 Å². The average Bonchev–Trinajstić information content (AvgIpc) is 2.63. The Morgan fingerprint density at radius 3 is 2.12 bits per heavy atom. The largest absolute Gasteiger partial charge is 0.297 e. The summed E-state index contributed by atoms with van der Waals surface area (Å²) in [5.41, 5.74) is 1.43. The van der Waals surface area contributed by atoms with E-state index < -0.39 is 10.1 Å². The predicted molar refractivity (Wildman–Crippen MR) is 61.8 cm³/mol. The fourth-order valence-electron chi connectivity index (χ4n) is 1.06. The smallest absolute Gasteiger partial charge is 0.286 e. The first-order chi connectivity index (χ1) is 7.88. The molecular formula is C10H10N2O4S. The number of azo groups is 1. The SMILES string of the molecule is CS(=O)(=O)O.O=C1N=NC=C1c1ccccc1. The van der Waals surface area contributed by atoms with Crippen LogP contribution in [0, 0.1) is 0 Å². The highest BCUT2D eigenvalue weighted by atomic mass is 32.2. The van der Waals surface area contributed by atoms with E-state index in [1.165, 1.54) is 6.20 Å². The van der Waals surface area contributed by atoms with E-state index in [2.05, 4.69) is 10.2 Å².